The third-order valence-corrected chi connectivity index (χ3v) is 3.32. The molecule has 1 nitrogen and oxygen atoms in total. The molecule has 2 aromatic carbocycles. The second kappa shape index (κ2) is 6.75. The molecule has 98 valence electrons. The number of benzene rings is 2. The molecule has 0 radical (unpaired) electrons. The maximum absolute atomic E-state index is 8.63. The summed E-state index contributed by atoms with van der Waals surface area (Å²) in [5, 5.41) is 9.34. The highest BCUT2D eigenvalue weighted by Crippen LogP contribution is 2.20. The van der Waals surface area contributed by atoms with Crippen molar-refractivity contribution in [1.29, 1.82) is 5.26 Å². The lowest BCUT2D eigenvalue weighted by Gasteiger charge is -2.00. The highest BCUT2D eigenvalue weighted by atomic mass is 35.5. The summed E-state index contributed by atoms with van der Waals surface area (Å²) in [5.74, 6) is 0. The van der Waals surface area contributed by atoms with Crippen LogP contribution < -0.4 is 0 Å². The van der Waals surface area contributed by atoms with Crippen LogP contribution in [0.5, 0.6) is 0 Å². The first-order chi connectivity index (χ1) is 9.72. The molecule has 20 heavy (non-hydrogen) atoms. The van der Waals surface area contributed by atoms with Crippen LogP contribution in [0.25, 0.3) is 18.2 Å². The summed E-state index contributed by atoms with van der Waals surface area (Å²) in [6, 6.07) is 15.9. The molecule has 0 atom stereocenters. The molecule has 0 aromatic heterocycles. The quantitative estimate of drug-likeness (QED) is 0.704. The zero-order valence-electron chi connectivity index (χ0n) is 11.0. The van der Waals surface area contributed by atoms with Crippen LogP contribution >= 0.6 is 11.6 Å². The third kappa shape index (κ3) is 3.60. The van der Waals surface area contributed by atoms with Crippen LogP contribution in [0.3, 0.4) is 0 Å². The summed E-state index contributed by atoms with van der Waals surface area (Å²) < 4.78 is 0. The molecule has 0 spiro atoms. The van der Waals surface area contributed by atoms with E-state index >= 15 is 0 Å². The van der Waals surface area contributed by atoms with Crippen molar-refractivity contribution in [2.75, 3.05) is 0 Å². The number of hydrogen-bond acceptors (Lipinski definition) is 1. The fraction of sp³-hybridized carbons (Fsp3) is 0.0556. The Morgan fingerprint density at radius 3 is 2.35 bits per heavy atom. The van der Waals surface area contributed by atoms with Crippen molar-refractivity contribution in [3.05, 3.63) is 76.3 Å². The van der Waals surface area contributed by atoms with Crippen molar-refractivity contribution >= 4 is 29.8 Å². The van der Waals surface area contributed by atoms with E-state index in [-0.39, 0.29) is 0 Å². The molecule has 0 bridgehead atoms. The Labute approximate surface area is 124 Å². The van der Waals surface area contributed by atoms with E-state index in [0.29, 0.717) is 11.4 Å². The summed E-state index contributed by atoms with van der Waals surface area (Å²) >= 11 is 6.04. The molecular weight excluding hydrogens is 266 g/mol. The van der Waals surface area contributed by atoms with Crippen molar-refractivity contribution in [2.45, 2.75) is 6.42 Å². The number of nitriles is 1. The van der Waals surface area contributed by atoms with Gasteiger partial charge in [0.15, 0.2) is 0 Å². The van der Waals surface area contributed by atoms with E-state index in [2.05, 4.69) is 12.6 Å². The van der Waals surface area contributed by atoms with Gasteiger partial charge in [0.25, 0.3) is 0 Å². The molecule has 0 aliphatic rings. The van der Waals surface area contributed by atoms with Crippen LogP contribution in [-0.2, 0) is 6.42 Å². The molecular formula is C18H14ClN. The van der Waals surface area contributed by atoms with Gasteiger partial charge in [-0.3, -0.25) is 0 Å². The lowest BCUT2D eigenvalue weighted by molar-refractivity contribution is 1.26. The standard InChI is InChI=1S/C18H14ClN/c1-2-17-13-16(9-10-18(17)19)8-7-14-3-5-15(6-4-14)11-12-20/h2-10,13H,1,11H2/b8-7+. The van der Waals surface area contributed by atoms with E-state index in [1.165, 1.54) is 0 Å². The highest BCUT2D eigenvalue weighted by Gasteiger charge is 1.96. The van der Waals surface area contributed by atoms with Crippen LogP contribution in [0.1, 0.15) is 22.3 Å². The van der Waals surface area contributed by atoms with Crippen molar-refractivity contribution in [3.8, 4) is 6.07 Å². The average molecular weight is 280 g/mol. The lowest BCUT2D eigenvalue weighted by Crippen LogP contribution is -1.81. The first-order valence-electron chi connectivity index (χ1n) is 6.29. The van der Waals surface area contributed by atoms with Gasteiger partial charge in [0, 0.05) is 5.02 Å². The van der Waals surface area contributed by atoms with Gasteiger partial charge in [0.2, 0.25) is 0 Å². The van der Waals surface area contributed by atoms with Gasteiger partial charge < -0.3 is 0 Å². The van der Waals surface area contributed by atoms with E-state index in [0.717, 1.165) is 22.3 Å². The number of hydrogen-bond donors (Lipinski definition) is 0. The van der Waals surface area contributed by atoms with Crippen LogP contribution in [0.2, 0.25) is 5.02 Å². The fourth-order valence-corrected chi connectivity index (χ4v) is 2.05. The monoisotopic (exact) mass is 279 g/mol. The van der Waals surface area contributed by atoms with Crippen molar-refractivity contribution in [3.63, 3.8) is 0 Å². The Hall–Kier alpha value is -2.30. The Kier molecular flexibility index (Phi) is 4.76. The molecule has 2 rings (SSSR count). The molecule has 0 aliphatic heterocycles. The van der Waals surface area contributed by atoms with E-state index in [9.17, 15) is 0 Å². The molecule has 0 saturated carbocycles. The molecule has 2 aromatic rings. The minimum absolute atomic E-state index is 0.448. The van der Waals surface area contributed by atoms with Crippen LogP contribution in [0.4, 0.5) is 0 Å². The molecule has 0 N–H and O–H groups in total. The molecule has 0 amide bonds. The number of halogens is 1. The van der Waals surface area contributed by atoms with Gasteiger partial charge in [0.05, 0.1) is 12.5 Å². The maximum Gasteiger partial charge on any atom is 0.0669 e. The number of rotatable bonds is 4. The van der Waals surface area contributed by atoms with Gasteiger partial charge in [-0.2, -0.15) is 5.26 Å². The summed E-state index contributed by atoms with van der Waals surface area (Å²) in [6.07, 6.45) is 6.26. The zero-order valence-corrected chi connectivity index (χ0v) is 11.8. The predicted molar refractivity (Wildman–Crippen MR) is 86.2 cm³/mol. The molecule has 0 aliphatic carbocycles. The van der Waals surface area contributed by atoms with Crippen LogP contribution in [-0.4, -0.2) is 0 Å². The van der Waals surface area contributed by atoms with E-state index in [1.807, 2.05) is 54.6 Å². The second-order valence-electron chi connectivity index (χ2n) is 4.39. The van der Waals surface area contributed by atoms with E-state index in [1.54, 1.807) is 6.08 Å². The summed E-state index contributed by atoms with van der Waals surface area (Å²) in [5.41, 5.74) is 4.13. The van der Waals surface area contributed by atoms with Gasteiger partial charge in [-0.25, -0.2) is 0 Å². The molecule has 0 fully saturated rings. The van der Waals surface area contributed by atoms with Crippen LogP contribution in [0.15, 0.2) is 49.0 Å². The lowest BCUT2D eigenvalue weighted by atomic mass is 10.1. The minimum Gasteiger partial charge on any atom is -0.198 e. The molecule has 2 heteroatoms. The Morgan fingerprint density at radius 2 is 1.70 bits per heavy atom. The van der Waals surface area contributed by atoms with E-state index < -0.39 is 0 Å². The maximum atomic E-state index is 8.63. The van der Waals surface area contributed by atoms with Crippen LogP contribution in [0, 0.1) is 11.3 Å². The first-order valence-corrected chi connectivity index (χ1v) is 6.66. The largest absolute Gasteiger partial charge is 0.198 e. The summed E-state index contributed by atoms with van der Waals surface area (Å²) in [6.45, 7) is 3.74. The van der Waals surface area contributed by atoms with Gasteiger partial charge >= 0.3 is 0 Å². The Bertz CT molecular complexity index is 676. The third-order valence-electron chi connectivity index (χ3n) is 2.97. The zero-order chi connectivity index (χ0) is 14.4. The van der Waals surface area contributed by atoms with E-state index in [4.69, 9.17) is 16.9 Å². The Morgan fingerprint density at radius 1 is 1.05 bits per heavy atom. The fourth-order valence-electron chi connectivity index (χ4n) is 1.85. The predicted octanol–water partition coefficient (Wildman–Crippen LogP) is 5.22. The smallest absolute Gasteiger partial charge is 0.0669 e. The SMILES string of the molecule is C=Cc1cc(/C=C/c2ccc(CC#N)cc2)ccc1Cl. The molecule has 0 saturated heterocycles. The highest BCUT2D eigenvalue weighted by molar-refractivity contribution is 6.32. The van der Waals surface area contributed by atoms with Gasteiger partial charge in [-0.15, -0.1) is 0 Å². The Balaban J connectivity index is 2.16. The molecule has 0 heterocycles. The minimum atomic E-state index is 0.448. The molecule has 0 unspecified atom stereocenters. The summed E-state index contributed by atoms with van der Waals surface area (Å²) in [4.78, 5) is 0. The topological polar surface area (TPSA) is 23.8 Å². The average Bonchev–Trinajstić information content (AvgIpc) is 2.48. The van der Waals surface area contributed by atoms with Crippen molar-refractivity contribution in [1.82, 2.24) is 0 Å². The van der Waals surface area contributed by atoms with Gasteiger partial charge in [-0.1, -0.05) is 66.7 Å². The van der Waals surface area contributed by atoms with Gasteiger partial charge in [-0.05, 0) is 34.4 Å². The van der Waals surface area contributed by atoms with Gasteiger partial charge in [0.1, 0.15) is 0 Å². The van der Waals surface area contributed by atoms with Crippen molar-refractivity contribution < 1.29 is 0 Å². The van der Waals surface area contributed by atoms with Crippen molar-refractivity contribution in [2.24, 2.45) is 0 Å². The summed E-state index contributed by atoms with van der Waals surface area (Å²) in [7, 11) is 0. The normalized spacial score (nSPS) is 10.4. The first kappa shape index (κ1) is 14.1. The number of nitrogens with zero attached hydrogens (tertiary/aromatic N) is 1. The second-order valence-corrected chi connectivity index (χ2v) is 4.80.